The lowest BCUT2D eigenvalue weighted by atomic mass is 9.98. The van der Waals surface area contributed by atoms with Crippen LogP contribution in [-0.2, 0) is 6.42 Å². The number of methoxy groups -OCH3 is 1. The highest BCUT2D eigenvalue weighted by Gasteiger charge is 2.22. The van der Waals surface area contributed by atoms with Crippen LogP contribution in [-0.4, -0.2) is 18.3 Å². The zero-order chi connectivity index (χ0) is 15.0. The maximum atomic E-state index is 10.6. The number of ether oxygens (including phenoxy) is 2. The molecular formula is C17H17ClO3. The lowest BCUT2D eigenvalue weighted by molar-refractivity contribution is 0.214. The molecule has 2 unspecified atom stereocenters. The number of aliphatic hydroxyl groups is 1. The van der Waals surface area contributed by atoms with Gasteiger partial charge < -0.3 is 14.6 Å². The topological polar surface area (TPSA) is 38.7 Å². The number of fused-ring (bicyclic) bond motifs is 1. The minimum atomic E-state index is -0.751. The third kappa shape index (κ3) is 2.71. The highest BCUT2D eigenvalue weighted by Crippen LogP contribution is 2.36. The van der Waals surface area contributed by atoms with Gasteiger partial charge in [-0.15, -0.1) is 0 Å². The van der Waals surface area contributed by atoms with Crippen molar-refractivity contribution in [3.8, 4) is 11.5 Å². The quantitative estimate of drug-likeness (QED) is 0.938. The Morgan fingerprint density at radius 1 is 1.29 bits per heavy atom. The van der Waals surface area contributed by atoms with Gasteiger partial charge in [0.1, 0.15) is 23.7 Å². The zero-order valence-electron chi connectivity index (χ0n) is 12.0. The van der Waals surface area contributed by atoms with Crippen LogP contribution in [0, 0.1) is 0 Å². The lowest BCUT2D eigenvalue weighted by Gasteiger charge is -2.16. The molecule has 2 aromatic rings. The summed E-state index contributed by atoms with van der Waals surface area (Å²) >= 11 is 5.96. The molecular weight excluding hydrogens is 288 g/mol. The van der Waals surface area contributed by atoms with Gasteiger partial charge in [-0.1, -0.05) is 23.7 Å². The summed E-state index contributed by atoms with van der Waals surface area (Å²) in [6.45, 7) is 2.04. The Morgan fingerprint density at radius 2 is 2.10 bits per heavy atom. The Balaban J connectivity index is 1.96. The van der Waals surface area contributed by atoms with Gasteiger partial charge in [-0.3, -0.25) is 0 Å². The maximum absolute atomic E-state index is 10.6. The average molecular weight is 305 g/mol. The van der Waals surface area contributed by atoms with Crippen LogP contribution in [0.3, 0.4) is 0 Å². The van der Waals surface area contributed by atoms with E-state index in [1.165, 1.54) is 0 Å². The zero-order valence-corrected chi connectivity index (χ0v) is 12.7. The van der Waals surface area contributed by atoms with Crippen LogP contribution >= 0.6 is 11.6 Å². The van der Waals surface area contributed by atoms with E-state index >= 15 is 0 Å². The third-order valence-electron chi connectivity index (χ3n) is 3.73. The Kier molecular flexibility index (Phi) is 3.79. The summed E-state index contributed by atoms with van der Waals surface area (Å²) in [5.74, 6) is 1.49. The van der Waals surface area contributed by atoms with Gasteiger partial charge in [0.2, 0.25) is 0 Å². The first-order valence-corrected chi connectivity index (χ1v) is 7.27. The fourth-order valence-corrected chi connectivity index (χ4v) is 2.86. The van der Waals surface area contributed by atoms with E-state index < -0.39 is 6.10 Å². The molecule has 0 aromatic heterocycles. The first kappa shape index (κ1) is 14.2. The minimum absolute atomic E-state index is 0.192. The molecule has 3 nitrogen and oxygen atoms in total. The maximum Gasteiger partial charge on any atom is 0.126 e. The predicted octanol–water partition coefficient (Wildman–Crippen LogP) is 3.75. The molecule has 0 aliphatic carbocycles. The van der Waals surface area contributed by atoms with Gasteiger partial charge in [-0.05, 0) is 42.3 Å². The van der Waals surface area contributed by atoms with Crippen LogP contribution < -0.4 is 9.47 Å². The summed E-state index contributed by atoms with van der Waals surface area (Å²) in [6, 6.07) is 11.0. The molecule has 0 saturated carbocycles. The molecule has 1 N–H and O–H groups in total. The lowest BCUT2D eigenvalue weighted by Crippen LogP contribution is -2.05. The van der Waals surface area contributed by atoms with Gasteiger partial charge in [0.15, 0.2) is 0 Å². The third-order valence-corrected chi connectivity index (χ3v) is 3.96. The molecule has 2 aromatic carbocycles. The minimum Gasteiger partial charge on any atom is -0.496 e. The molecule has 2 atom stereocenters. The highest BCUT2D eigenvalue weighted by molar-refractivity contribution is 6.30. The number of rotatable bonds is 3. The number of aliphatic hydroxyl groups excluding tert-OH is 1. The molecule has 0 radical (unpaired) electrons. The van der Waals surface area contributed by atoms with Crippen molar-refractivity contribution in [2.24, 2.45) is 0 Å². The van der Waals surface area contributed by atoms with Crippen molar-refractivity contribution in [3.63, 3.8) is 0 Å². The molecule has 1 heterocycles. The normalized spacial score (nSPS) is 18.0. The van der Waals surface area contributed by atoms with E-state index in [2.05, 4.69) is 0 Å². The van der Waals surface area contributed by atoms with E-state index in [9.17, 15) is 5.11 Å². The van der Waals surface area contributed by atoms with Gasteiger partial charge in [-0.2, -0.15) is 0 Å². The summed E-state index contributed by atoms with van der Waals surface area (Å²) in [7, 11) is 1.57. The molecule has 0 amide bonds. The molecule has 4 heteroatoms. The molecule has 1 aliphatic rings. The molecule has 21 heavy (non-hydrogen) atoms. The van der Waals surface area contributed by atoms with Crippen LogP contribution in [0.15, 0.2) is 36.4 Å². The van der Waals surface area contributed by atoms with Gasteiger partial charge in [0.05, 0.1) is 7.11 Å². The fourth-order valence-electron chi connectivity index (χ4n) is 2.70. The predicted molar refractivity (Wildman–Crippen MR) is 82.3 cm³/mol. The van der Waals surface area contributed by atoms with Crippen LogP contribution in [0.4, 0.5) is 0 Å². The second-order valence-electron chi connectivity index (χ2n) is 5.29. The van der Waals surface area contributed by atoms with Crippen molar-refractivity contribution in [1.82, 2.24) is 0 Å². The van der Waals surface area contributed by atoms with Gasteiger partial charge >= 0.3 is 0 Å². The highest BCUT2D eigenvalue weighted by atomic mass is 35.5. The smallest absolute Gasteiger partial charge is 0.126 e. The van der Waals surface area contributed by atoms with Crippen LogP contribution in [0.1, 0.15) is 29.7 Å². The van der Waals surface area contributed by atoms with Crippen molar-refractivity contribution in [2.45, 2.75) is 25.6 Å². The van der Waals surface area contributed by atoms with E-state index in [0.29, 0.717) is 16.3 Å². The summed E-state index contributed by atoms with van der Waals surface area (Å²) in [5, 5.41) is 11.2. The van der Waals surface area contributed by atoms with Crippen molar-refractivity contribution in [2.75, 3.05) is 7.11 Å². The Labute approximate surface area is 129 Å². The van der Waals surface area contributed by atoms with E-state index in [4.69, 9.17) is 21.1 Å². The standard InChI is InChI=1S/C17H17ClO3/c1-10-7-12-8-11(3-6-15(12)21-10)17(19)14-5-4-13(18)9-16(14)20-2/h3-6,8-10,17,19H,7H2,1-2H3. The molecule has 0 spiro atoms. The summed E-state index contributed by atoms with van der Waals surface area (Å²) in [6.07, 6.45) is 0.309. The Hall–Kier alpha value is -1.71. The number of halogens is 1. The van der Waals surface area contributed by atoms with Gasteiger partial charge in [0.25, 0.3) is 0 Å². The molecule has 0 saturated heterocycles. The first-order valence-electron chi connectivity index (χ1n) is 6.89. The average Bonchev–Trinajstić information content (AvgIpc) is 2.85. The molecule has 0 fully saturated rings. The first-order chi connectivity index (χ1) is 10.1. The van der Waals surface area contributed by atoms with Gasteiger partial charge in [-0.25, -0.2) is 0 Å². The molecule has 3 rings (SSSR count). The monoisotopic (exact) mass is 304 g/mol. The number of hydrogen-bond donors (Lipinski definition) is 1. The largest absolute Gasteiger partial charge is 0.496 e. The van der Waals surface area contributed by atoms with E-state index in [1.54, 1.807) is 25.3 Å². The SMILES string of the molecule is COc1cc(Cl)ccc1C(O)c1ccc2c(c1)CC(C)O2. The van der Waals surface area contributed by atoms with E-state index in [-0.39, 0.29) is 6.10 Å². The van der Waals surface area contributed by atoms with Crippen molar-refractivity contribution < 1.29 is 14.6 Å². The summed E-state index contributed by atoms with van der Waals surface area (Å²) in [5.41, 5.74) is 2.66. The molecule has 1 aliphatic heterocycles. The molecule has 110 valence electrons. The second kappa shape index (κ2) is 5.58. The van der Waals surface area contributed by atoms with Crippen molar-refractivity contribution in [1.29, 1.82) is 0 Å². The van der Waals surface area contributed by atoms with Crippen LogP contribution in [0.5, 0.6) is 11.5 Å². The second-order valence-corrected chi connectivity index (χ2v) is 5.72. The Bertz CT molecular complexity index is 669. The summed E-state index contributed by atoms with van der Waals surface area (Å²) < 4.78 is 11.0. The van der Waals surface area contributed by atoms with Crippen molar-refractivity contribution in [3.05, 3.63) is 58.1 Å². The molecule has 0 bridgehead atoms. The Morgan fingerprint density at radius 3 is 2.86 bits per heavy atom. The van der Waals surface area contributed by atoms with E-state index in [1.807, 2.05) is 25.1 Å². The van der Waals surface area contributed by atoms with Crippen LogP contribution in [0.2, 0.25) is 5.02 Å². The number of hydrogen-bond acceptors (Lipinski definition) is 3. The fraction of sp³-hybridized carbons (Fsp3) is 0.294. The van der Waals surface area contributed by atoms with E-state index in [0.717, 1.165) is 23.3 Å². The summed E-state index contributed by atoms with van der Waals surface area (Å²) in [4.78, 5) is 0. The van der Waals surface area contributed by atoms with Crippen molar-refractivity contribution >= 4 is 11.6 Å². The number of benzene rings is 2. The van der Waals surface area contributed by atoms with Crippen LogP contribution in [0.25, 0.3) is 0 Å². The van der Waals surface area contributed by atoms with Gasteiger partial charge in [0, 0.05) is 17.0 Å².